The molecule has 0 aromatic heterocycles. The van der Waals surface area contributed by atoms with E-state index in [0.717, 1.165) is 19.3 Å². The molecule has 0 aliphatic carbocycles. The highest BCUT2D eigenvalue weighted by Crippen LogP contribution is 2.06. The largest absolute Gasteiger partial charge is 0.380 e. The molecular weight excluding hydrogens is 150 g/mol. The van der Waals surface area contributed by atoms with E-state index in [-0.39, 0.29) is 12.1 Å². The van der Waals surface area contributed by atoms with Gasteiger partial charge in [0, 0.05) is 19.6 Å². The molecule has 0 saturated heterocycles. The Bertz CT molecular complexity index is 157. The van der Waals surface area contributed by atoms with Crippen molar-refractivity contribution in [2.24, 2.45) is 5.73 Å². The fraction of sp³-hybridized carbons (Fsp3) is 0.800. The smallest absolute Gasteiger partial charge is 0.0731 e. The fourth-order valence-corrected chi connectivity index (χ4v) is 1.14. The van der Waals surface area contributed by atoms with Crippen LogP contribution in [0.15, 0.2) is 0 Å². The van der Waals surface area contributed by atoms with Crippen LogP contribution in [0.4, 0.5) is 0 Å². The molecule has 2 nitrogen and oxygen atoms in total. The fourth-order valence-electron chi connectivity index (χ4n) is 1.14. The molecule has 0 spiro atoms. The Kier molecular flexibility index (Phi) is 6.84. The summed E-state index contributed by atoms with van der Waals surface area (Å²) in [6.07, 6.45) is 3.01. The van der Waals surface area contributed by atoms with E-state index in [1.54, 1.807) is 7.11 Å². The van der Waals surface area contributed by atoms with E-state index in [4.69, 9.17) is 10.5 Å². The highest BCUT2D eigenvalue weighted by Gasteiger charge is 2.14. The normalized spacial score (nSPS) is 14.7. The third kappa shape index (κ3) is 4.38. The molecular formula is C10H19NO. The maximum atomic E-state index is 5.87. The average molecular weight is 169 g/mol. The van der Waals surface area contributed by atoms with Crippen molar-refractivity contribution in [3.8, 4) is 11.8 Å². The zero-order valence-corrected chi connectivity index (χ0v) is 8.26. The first-order valence-corrected chi connectivity index (χ1v) is 4.44. The molecule has 70 valence electrons. The van der Waals surface area contributed by atoms with Crippen LogP contribution in [0, 0.1) is 11.8 Å². The van der Waals surface area contributed by atoms with E-state index in [1.165, 1.54) is 0 Å². The molecule has 0 heterocycles. The number of ether oxygens (including phenoxy) is 1. The predicted octanol–water partition coefficient (Wildman–Crippen LogP) is 1.54. The molecule has 0 saturated carbocycles. The average Bonchev–Trinajstić information content (AvgIpc) is 2.10. The van der Waals surface area contributed by atoms with Crippen LogP contribution in [0.5, 0.6) is 0 Å². The third-order valence-corrected chi connectivity index (χ3v) is 1.87. The van der Waals surface area contributed by atoms with Gasteiger partial charge >= 0.3 is 0 Å². The minimum Gasteiger partial charge on any atom is -0.380 e. The van der Waals surface area contributed by atoms with Crippen molar-refractivity contribution >= 4 is 0 Å². The summed E-state index contributed by atoms with van der Waals surface area (Å²) >= 11 is 0. The van der Waals surface area contributed by atoms with Crippen LogP contribution in [-0.4, -0.2) is 19.3 Å². The van der Waals surface area contributed by atoms with Crippen LogP contribution < -0.4 is 5.73 Å². The van der Waals surface area contributed by atoms with Crippen molar-refractivity contribution in [1.29, 1.82) is 0 Å². The molecule has 0 radical (unpaired) electrons. The summed E-state index contributed by atoms with van der Waals surface area (Å²) in [5, 5.41) is 0. The summed E-state index contributed by atoms with van der Waals surface area (Å²) in [5.74, 6) is 5.80. The monoisotopic (exact) mass is 169 g/mol. The molecule has 2 unspecified atom stereocenters. The van der Waals surface area contributed by atoms with Gasteiger partial charge in [-0.05, 0) is 13.3 Å². The number of hydrogen-bond donors (Lipinski definition) is 1. The van der Waals surface area contributed by atoms with Crippen molar-refractivity contribution in [2.75, 3.05) is 7.11 Å². The molecule has 2 atom stereocenters. The first-order chi connectivity index (χ1) is 5.76. The molecule has 0 aromatic rings. The first kappa shape index (κ1) is 11.5. The maximum absolute atomic E-state index is 5.87. The van der Waals surface area contributed by atoms with Gasteiger partial charge in [0.05, 0.1) is 6.10 Å². The van der Waals surface area contributed by atoms with Crippen LogP contribution in [0.3, 0.4) is 0 Å². The van der Waals surface area contributed by atoms with Gasteiger partial charge in [-0.15, -0.1) is 11.8 Å². The van der Waals surface area contributed by atoms with Gasteiger partial charge in [0.25, 0.3) is 0 Å². The van der Waals surface area contributed by atoms with E-state index >= 15 is 0 Å². The predicted molar refractivity (Wildman–Crippen MR) is 51.7 cm³/mol. The van der Waals surface area contributed by atoms with Crippen molar-refractivity contribution in [3.63, 3.8) is 0 Å². The lowest BCUT2D eigenvalue weighted by Gasteiger charge is -2.19. The van der Waals surface area contributed by atoms with Gasteiger partial charge in [0.1, 0.15) is 0 Å². The molecule has 0 aliphatic heterocycles. The van der Waals surface area contributed by atoms with Crippen LogP contribution in [0.1, 0.15) is 33.1 Å². The van der Waals surface area contributed by atoms with Crippen molar-refractivity contribution in [3.05, 3.63) is 0 Å². The Hall–Kier alpha value is -0.520. The summed E-state index contributed by atoms with van der Waals surface area (Å²) in [5.41, 5.74) is 5.87. The Morgan fingerprint density at radius 1 is 1.50 bits per heavy atom. The number of methoxy groups -OCH3 is 1. The van der Waals surface area contributed by atoms with Crippen molar-refractivity contribution < 1.29 is 4.74 Å². The summed E-state index contributed by atoms with van der Waals surface area (Å²) in [6.45, 7) is 3.96. The third-order valence-electron chi connectivity index (χ3n) is 1.87. The molecule has 0 amide bonds. The second-order valence-corrected chi connectivity index (χ2v) is 2.86. The molecule has 0 rings (SSSR count). The molecule has 0 bridgehead atoms. The Morgan fingerprint density at radius 2 is 2.17 bits per heavy atom. The summed E-state index contributed by atoms with van der Waals surface area (Å²) in [4.78, 5) is 0. The molecule has 0 fully saturated rings. The lowest BCUT2D eigenvalue weighted by molar-refractivity contribution is 0.0739. The van der Waals surface area contributed by atoms with Gasteiger partial charge < -0.3 is 10.5 Å². The van der Waals surface area contributed by atoms with Gasteiger partial charge in [-0.25, -0.2) is 0 Å². The second kappa shape index (κ2) is 7.15. The van der Waals surface area contributed by atoms with Gasteiger partial charge in [0.15, 0.2) is 0 Å². The number of hydrogen-bond acceptors (Lipinski definition) is 2. The summed E-state index contributed by atoms with van der Waals surface area (Å²) in [6, 6.07) is 0.0578. The van der Waals surface area contributed by atoms with Gasteiger partial charge in [-0.1, -0.05) is 13.3 Å². The van der Waals surface area contributed by atoms with E-state index in [0.29, 0.717) is 0 Å². The molecule has 2 N–H and O–H groups in total. The summed E-state index contributed by atoms with van der Waals surface area (Å²) in [7, 11) is 1.71. The van der Waals surface area contributed by atoms with Crippen LogP contribution >= 0.6 is 0 Å². The molecule has 0 aliphatic rings. The zero-order chi connectivity index (χ0) is 9.40. The Morgan fingerprint density at radius 3 is 2.58 bits per heavy atom. The van der Waals surface area contributed by atoms with Crippen molar-refractivity contribution in [1.82, 2.24) is 0 Å². The number of nitrogens with two attached hydrogens (primary N) is 1. The lowest BCUT2D eigenvalue weighted by atomic mass is 10.0. The van der Waals surface area contributed by atoms with Gasteiger partial charge in [-0.2, -0.15) is 0 Å². The van der Waals surface area contributed by atoms with Crippen LogP contribution in [0.25, 0.3) is 0 Å². The SMILES string of the molecule is CC#CCC(N)C(CCC)OC. The minimum absolute atomic E-state index is 0.0578. The van der Waals surface area contributed by atoms with Crippen molar-refractivity contribution in [2.45, 2.75) is 45.3 Å². The van der Waals surface area contributed by atoms with Gasteiger partial charge in [-0.3, -0.25) is 0 Å². The van der Waals surface area contributed by atoms with Crippen LogP contribution in [0.2, 0.25) is 0 Å². The highest BCUT2D eigenvalue weighted by molar-refractivity contribution is 4.98. The van der Waals surface area contributed by atoms with Crippen LogP contribution in [-0.2, 0) is 4.74 Å². The molecule has 2 heteroatoms. The van der Waals surface area contributed by atoms with Gasteiger partial charge in [0.2, 0.25) is 0 Å². The maximum Gasteiger partial charge on any atom is 0.0731 e. The quantitative estimate of drug-likeness (QED) is 0.634. The Balaban J connectivity index is 3.81. The molecule has 0 aromatic carbocycles. The zero-order valence-electron chi connectivity index (χ0n) is 8.26. The second-order valence-electron chi connectivity index (χ2n) is 2.86. The van der Waals surface area contributed by atoms with E-state index < -0.39 is 0 Å². The molecule has 12 heavy (non-hydrogen) atoms. The first-order valence-electron chi connectivity index (χ1n) is 4.44. The lowest BCUT2D eigenvalue weighted by Crippen LogP contribution is -2.35. The topological polar surface area (TPSA) is 35.2 Å². The van der Waals surface area contributed by atoms with E-state index in [2.05, 4.69) is 18.8 Å². The number of rotatable bonds is 5. The highest BCUT2D eigenvalue weighted by atomic mass is 16.5. The Labute approximate surface area is 75.5 Å². The van der Waals surface area contributed by atoms with E-state index in [1.807, 2.05) is 6.92 Å². The standard InChI is InChI=1S/C10H19NO/c1-4-6-8-9(11)10(12-3)7-5-2/h9-10H,5,7-8,11H2,1-3H3. The minimum atomic E-state index is 0.0578. The summed E-state index contributed by atoms with van der Waals surface area (Å²) < 4.78 is 5.26. The van der Waals surface area contributed by atoms with E-state index in [9.17, 15) is 0 Å².